The maximum Gasteiger partial charge on any atom is 0.164 e. The highest BCUT2D eigenvalue weighted by atomic mass is 35.5. The molecular weight excluding hydrogens is 315 g/mol. The van der Waals surface area contributed by atoms with Crippen molar-refractivity contribution in [3.05, 3.63) is 71.7 Å². The van der Waals surface area contributed by atoms with E-state index in [0.29, 0.717) is 5.82 Å². The Bertz CT molecular complexity index is 799. The first-order chi connectivity index (χ1) is 10.9. The van der Waals surface area contributed by atoms with Crippen molar-refractivity contribution in [2.45, 2.75) is 13.8 Å². The summed E-state index contributed by atoms with van der Waals surface area (Å²) < 4.78 is 13.7. The molecule has 0 amide bonds. The Hall–Kier alpha value is -2.53. The molecule has 23 heavy (non-hydrogen) atoms. The molecule has 0 saturated carbocycles. The van der Waals surface area contributed by atoms with Crippen molar-refractivity contribution in [1.29, 1.82) is 0 Å². The fourth-order valence-corrected chi connectivity index (χ4v) is 1.97. The summed E-state index contributed by atoms with van der Waals surface area (Å²) >= 11 is 5.73. The molecule has 0 aliphatic rings. The van der Waals surface area contributed by atoms with Gasteiger partial charge in [0.15, 0.2) is 5.82 Å². The SMILES string of the molecule is C=C(Cl)/C=C(\C(=C)F)c1ncc(C)c(Nc2ccncc2C)n1. The van der Waals surface area contributed by atoms with Crippen LogP contribution in [-0.4, -0.2) is 15.0 Å². The Morgan fingerprint density at radius 1 is 1.26 bits per heavy atom. The van der Waals surface area contributed by atoms with E-state index in [1.807, 2.05) is 19.9 Å². The second-order valence-electron chi connectivity index (χ2n) is 4.95. The molecule has 2 aromatic heterocycles. The van der Waals surface area contributed by atoms with E-state index in [-0.39, 0.29) is 16.4 Å². The molecule has 0 radical (unpaired) electrons. The van der Waals surface area contributed by atoms with Crippen molar-refractivity contribution in [1.82, 2.24) is 15.0 Å². The van der Waals surface area contributed by atoms with Gasteiger partial charge >= 0.3 is 0 Å². The Morgan fingerprint density at radius 3 is 2.61 bits per heavy atom. The highest BCUT2D eigenvalue weighted by molar-refractivity contribution is 6.31. The molecule has 0 aliphatic carbocycles. The number of nitrogens with zero attached hydrogens (tertiary/aromatic N) is 3. The lowest BCUT2D eigenvalue weighted by Crippen LogP contribution is -2.03. The van der Waals surface area contributed by atoms with E-state index in [1.165, 1.54) is 6.08 Å². The van der Waals surface area contributed by atoms with Crippen molar-refractivity contribution in [3.8, 4) is 0 Å². The molecule has 0 aromatic carbocycles. The lowest BCUT2D eigenvalue weighted by Gasteiger charge is -2.12. The van der Waals surface area contributed by atoms with E-state index in [0.717, 1.165) is 16.8 Å². The van der Waals surface area contributed by atoms with E-state index in [1.54, 1.807) is 18.6 Å². The summed E-state index contributed by atoms with van der Waals surface area (Å²) in [4.78, 5) is 12.6. The molecule has 0 saturated heterocycles. The van der Waals surface area contributed by atoms with Crippen LogP contribution in [0.2, 0.25) is 0 Å². The largest absolute Gasteiger partial charge is 0.340 e. The van der Waals surface area contributed by atoms with Crippen LogP contribution in [0.4, 0.5) is 15.9 Å². The van der Waals surface area contributed by atoms with Gasteiger partial charge in [0.05, 0.1) is 5.57 Å². The molecule has 2 heterocycles. The van der Waals surface area contributed by atoms with Crippen LogP contribution in [-0.2, 0) is 0 Å². The maximum absolute atomic E-state index is 13.7. The Balaban J connectivity index is 2.45. The monoisotopic (exact) mass is 330 g/mol. The van der Waals surface area contributed by atoms with Gasteiger partial charge in [-0.05, 0) is 31.6 Å². The zero-order valence-corrected chi connectivity index (χ0v) is 13.7. The Morgan fingerprint density at radius 2 is 2.00 bits per heavy atom. The minimum Gasteiger partial charge on any atom is -0.340 e. The average molecular weight is 331 g/mol. The molecule has 4 nitrogen and oxygen atoms in total. The lowest BCUT2D eigenvalue weighted by atomic mass is 10.2. The molecule has 6 heteroatoms. The van der Waals surface area contributed by atoms with Crippen LogP contribution in [0.25, 0.3) is 5.57 Å². The van der Waals surface area contributed by atoms with Crippen molar-refractivity contribution >= 4 is 28.7 Å². The molecule has 2 aromatic rings. The number of hydrogen-bond acceptors (Lipinski definition) is 4. The first kappa shape index (κ1) is 16.8. The van der Waals surface area contributed by atoms with Crippen LogP contribution >= 0.6 is 11.6 Å². The summed E-state index contributed by atoms with van der Waals surface area (Å²) in [6, 6.07) is 1.84. The second-order valence-corrected chi connectivity index (χ2v) is 5.44. The van der Waals surface area contributed by atoms with Crippen LogP contribution in [0.5, 0.6) is 0 Å². The van der Waals surface area contributed by atoms with Crippen LogP contribution in [0.1, 0.15) is 17.0 Å². The molecule has 0 unspecified atom stereocenters. The number of aromatic nitrogens is 3. The predicted octanol–water partition coefficient (Wildman–Crippen LogP) is 4.85. The number of hydrogen-bond donors (Lipinski definition) is 1. The van der Waals surface area contributed by atoms with Crippen LogP contribution < -0.4 is 5.32 Å². The topological polar surface area (TPSA) is 50.7 Å². The smallest absolute Gasteiger partial charge is 0.164 e. The predicted molar refractivity (Wildman–Crippen MR) is 92.2 cm³/mol. The Labute approximate surface area is 139 Å². The summed E-state index contributed by atoms with van der Waals surface area (Å²) in [5.41, 5.74) is 2.74. The lowest BCUT2D eigenvalue weighted by molar-refractivity contribution is 0.676. The minimum absolute atomic E-state index is 0.0968. The standard InChI is InChI=1S/C17H16ClFN4/c1-10-8-20-6-5-15(10)22-16-11(2)9-21-17(23-16)14(13(4)19)7-12(3)18/h5-9H,3-4H2,1-2H3,(H,20,21,22,23)/b14-7+. The van der Waals surface area contributed by atoms with Gasteiger partial charge < -0.3 is 5.32 Å². The molecule has 0 fully saturated rings. The van der Waals surface area contributed by atoms with E-state index in [4.69, 9.17) is 11.6 Å². The molecule has 0 spiro atoms. The number of nitrogens with one attached hydrogen (secondary N) is 1. The van der Waals surface area contributed by atoms with E-state index >= 15 is 0 Å². The van der Waals surface area contributed by atoms with Gasteiger partial charge in [-0.15, -0.1) is 0 Å². The minimum atomic E-state index is -0.679. The summed E-state index contributed by atoms with van der Waals surface area (Å²) in [6.45, 7) is 10.6. The third-order valence-corrected chi connectivity index (χ3v) is 3.19. The number of halogens is 2. The van der Waals surface area contributed by atoms with Crippen LogP contribution in [0, 0.1) is 13.8 Å². The number of rotatable bonds is 5. The average Bonchev–Trinajstić information content (AvgIpc) is 2.49. The van der Waals surface area contributed by atoms with Crippen LogP contribution in [0.15, 0.2) is 54.7 Å². The van der Waals surface area contributed by atoms with E-state index in [9.17, 15) is 4.39 Å². The third kappa shape index (κ3) is 4.23. The number of anilines is 2. The first-order valence-corrected chi connectivity index (χ1v) is 7.19. The molecule has 2 rings (SSSR count). The van der Waals surface area contributed by atoms with Gasteiger partial charge in [-0.2, -0.15) is 0 Å². The van der Waals surface area contributed by atoms with Gasteiger partial charge in [0.2, 0.25) is 0 Å². The normalized spacial score (nSPS) is 11.2. The number of pyridine rings is 1. The summed E-state index contributed by atoms with van der Waals surface area (Å²) in [5.74, 6) is 0.0671. The quantitative estimate of drug-likeness (QED) is 0.796. The Kier molecular flexibility index (Phi) is 5.24. The zero-order valence-electron chi connectivity index (χ0n) is 12.9. The molecule has 1 N–H and O–H groups in total. The number of allylic oxidation sites excluding steroid dienone is 4. The highest BCUT2D eigenvalue weighted by Gasteiger charge is 2.12. The van der Waals surface area contributed by atoms with Crippen molar-refractivity contribution < 1.29 is 4.39 Å². The second kappa shape index (κ2) is 7.15. The highest BCUT2D eigenvalue weighted by Crippen LogP contribution is 2.26. The van der Waals surface area contributed by atoms with Crippen molar-refractivity contribution in [3.63, 3.8) is 0 Å². The molecule has 0 aliphatic heterocycles. The zero-order chi connectivity index (χ0) is 17.0. The number of aryl methyl sites for hydroxylation is 2. The van der Waals surface area contributed by atoms with Crippen molar-refractivity contribution in [2.75, 3.05) is 5.32 Å². The van der Waals surface area contributed by atoms with E-state index < -0.39 is 5.83 Å². The van der Waals surface area contributed by atoms with Crippen molar-refractivity contribution in [2.24, 2.45) is 0 Å². The van der Waals surface area contributed by atoms with Gasteiger partial charge in [0.1, 0.15) is 11.6 Å². The molecule has 118 valence electrons. The molecular formula is C17H16ClFN4. The molecule has 0 atom stereocenters. The van der Waals surface area contributed by atoms with Gasteiger partial charge in [-0.1, -0.05) is 24.8 Å². The summed E-state index contributed by atoms with van der Waals surface area (Å²) in [7, 11) is 0. The summed E-state index contributed by atoms with van der Waals surface area (Å²) in [6.07, 6.45) is 6.37. The first-order valence-electron chi connectivity index (χ1n) is 6.81. The van der Waals surface area contributed by atoms with Gasteiger partial charge in [0, 0.05) is 34.9 Å². The maximum atomic E-state index is 13.7. The molecule has 0 bridgehead atoms. The van der Waals surface area contributed by atoms with Gasteiger partial charge in [0.25, 0.3) is 0 Å². The fraction of sp³-hybridized carbons (Fsp3) is 0.118. The summed E-state index contributed by atoms with van der Waals surface area (Å²) in [5, 5.41) is 3.37. The van der Waals surface area contributed by atoms with Gasteiger partial charge in [-0.3, -0.25) is 4.98 Å². The van der Waals surface area contributed by atoms with Gasteiger partial charge in [-0.25, -0.2) is 14.4 Å². The van der Waals surface area contributed by atoms with Crippen LogP contribution in [0.3, 0.4) is 0 Å². The third-order valence-electron chi connectivity index (χ3n) is 3.08. The fourth-order valence-electron chi connectivity index (χ4n) is 1.86. The van der Waals surface area contributed by atoms with E-state index in [2.05, 4.69) is 33.4 Å².